The van der Waals surface area contributed by atoms with Crippen LogP contribution in [0.15, 0.2) is 27.8 Å². The molecule has 0 spiro atoms. The van der Waals surface area contributed by atoms with E-state index in [9.17, 15) is 4.79 Å². The van der Waals surface area contributed by atoms with E-state index in [2.05, 4.69) is 34.6 Å². The molecule has 27 heavy (non-hydrogen) atoms. The Balaban J connectivity index is 1.84. The molecule has 4 heterocycles. The summed E-state index contributed by atoms with van der Waals surface area (Å²) >= 11 is 3.10. The molecule has 0 unspecified atom stereocenters. The zero-order chi connectivity index (χ0) is 19.3. The molecule has 8 heteroatoms. The van der Waals surface area contributed by atoms with Crippen molar-refractivity contribution in [1.82, 2.24) is 24.3 Å². The molecule has 0 radical (unpaired) electrons. The number of thiazole rings is 2. The van der Waals surface area contributed by atoms with Crippen LogP contribution in [0.1, 0.15) is 22.6 Å². The highest BCUT2D eigenvalue weighted by Crippen LogP contribution is 2.33. The molecule has 4 rings (SSSR count). The SMILES string of the molecule is Cc1nn(C)c(=O)c(-c2nc(-c3cc(C)n(-c4nccs4)c3C)cs2)c1C. The van der Waals surface area contributed by atoms with Gasteiger partial charge in [-0.25, -0.2) is 14.6 Å². The van der Waals surface area contributed by atoms with Crippen molar-refractivity contribution < 1.29 is 0 Å². The molecule has 0 aliphatic carbocycles. The van der Waals surface area contributed by atoms with Crippen molar-refractivity contribution in [3.8, 4) is 27.0 Å². The lowest BCUT2D eigenvalue weighted by Gasteiger charge is -2.07. The van der Waals surface area contributed by atoms with Crippen molar-refractivity contribution in [2.24, 2.45) is 7.05 Å². The lowest BCUT2D eigenvalue weighted by Crippen LogP contribution is -2.23. The molecular weight excluding hydrogens is 378 g/mol. The van der Waals surface area contributed by atoms with Gasteiger partial charge in [0.25, 0.3) is 5.56 Å². The van der Waals surface area contributed by atoms with Gasteiger partial charge >= 0.3 is 0 Å². The Morgan fingerprint density at radius 3 is 2.59 bits per heavy atom. The fourth-order valence-electron chi connectivity index (χ4n) is 3.26. The van der Waals surface area contributed by atoms with E-state index < -0.39 is 0 Å². The molecule has 6 nitrogen and oxygen atoms in total. The Morgan fingerprint density at radius 1 is 1.11 bits per heavy atom. The quantitative estimate of drug-likeness (QED) is 0.523. The molecule has 0 bridgehead atoms. The van der Waals surface area contributed by atoms with Crippen molar-refractivity contribution in [2.75, 3.05) is 0 Å². The fraction of sp³-hybridized carbons (Fsp3) is 0.263. The van der Waals surface area contributed by atoms with Crippen LogP contribution in [-0.4, -0.2) is 24.3 Å². The third kappa shape index (κ3) is 2.85. The van der Waals surface area contributed by atoms with Gasteiger partial charge in [0.05, 0.1) is 17.0 Å². The maximum Gasteiger partial charge on any atom is 0.277 e. The van der Waals surface area contributed by atoms with Crippen LogP contribution in [0.4, 0.5) is 0 Å². The topological polar surface area (TPSA) is 65.6 Å². The molecule has 0 aromatic carbocycles. The van der Waals surface area contributed by atoms with Crippen molar-refractivity contribution in [3.63, 3.8) is 0 Å². The van der Waals surface area contributed by atoms with Gasteiger partial charge in [-0.15, -0.1) is 22.7 Å². The average molecular weight is 398 g/mol. The predicted molar refractivity (Wildman–Crippen MR) is 110 cm³/mol. The summed E-state index contributed by atoms with van der Waals surface area (Å²) in [5.41, 5.74) is 6.38. The summed E-state index contributed by atoms with van der Waals surface area (Å²) in [5, 5.41) is 9.91. The Bertz CT molecular complexity index is 1200. The molecule has 138 valence electrons. The minimum atomic E-state index is -0.118. The van der Waals surface area contributed by atoms with Crippen LogP contribution in [-0.2, 0) is 7.05 Å². The zero-order valence-corrected chi connectivity index (χ0v) is 17.4. The summed E-state index contributed by atoms with van der Waals surface area (Å²) in [6.45, 7) is 7.98. The zero-order valence-electron chi connectivity index (χ0n) is 15.8. The van der Waals surface area contributed by atoms with E-state index in [1.807, 2.05) is 30.8 Å². The smallest absolute Gasteiger partial charge is 0.277 e. The van der Waals surface area contributed by atoms with Crippen molar-refractivity contribution in [2.45, 2.75) is 27.7 Å². The first kappa shape index (κ1) is 17.8. The van der Waals surface area contributed by atoms with Gasteiger partial charge in [0.15, 0.2) is 5.13 Å². The van der Waals surface area contributed by atoms with Crippen LogP contribution in [0.2, 0.25) is 0 Å². The molecule has 0 saturated heterocycles. The van der Waals surface area contributed by atoms with Gasteiger partial charge in [0.1, 0.15) is 5.01 Å². The summed E-state index contributed by atoms with van der Waals surface area (Å²) in [6.07, 6.45) is 1.81. The molecule has 0 aliphatic rings. The summed E-state index contributed by atoms with van der Waals surface area (Å²) in [7, 11) is 1.68. The van der Waals surface area contributed by atoms with Gasteiger partial charge in [-0.05, 0) is 39.3 Å². The minimum absolute atomic E-state index is 0.118. The average Bonchev–Trinajstić information content (AvgIpc) is 3.34. The normalized spacial score (nSPS) is 11.3. The van der Waals surface area contributed by atoms with E-state index in [0.717, 1.165) is 44.0 Å². The monoisotopic (exact) mass is 397 g/mol. The summed E-state index contributed by atoms with van der Waals surface area (Å²) in [4.78, 5) is 21.8. The predicted octanol–water partition coefficient (Wildman–Crippen LogP) is 4.05. The molecule has 0 amide bonds. The maximum atomic E-state index is 12.6. The van der Waals surface area contributed by atoms with E-state index in [1.54, 1.807) is 18.4 Å². The largest absolute Gasteiger partial charge is 0.294 e. The fourth-order valence-corrected chi connectivity index (χ4v) is 4.92. The Morgan fingerprint density at radius 2 is 1.89 bits per heavy atom. The van der Waals surface area contributed by atoms with Gasteiger partial charge < -0.3 is 0 Å². The maximum absolute atomic E-state index is 12.6. The second-order valence-electron chi connectivity index (χ2n) is 6.49. The van der Waals surface area contributed by atoms with Crippen LogP contribution in [0.5, 0.6) is 0 Å². The van der Waals surface area contributed by atoms with E-state index in [4.69, 9.17) is 4.98 Å². The Hall–Kier alpha value is -2.58. The van der Waals surface area contributed by atoms with E-state index in [-0.39, 0.29) is 5.56 Å². The molecule has 4 aromatic rings. The first-order valence-corrected chi connectivity index (χ1v) is 10.2. The van der Waals surface area contributed by atoms with E-state index in [1.165, 1.54) is 16.0 Å². The van der Waals surface area contributed by atoms with E-state index >= 15 is 0 Å². The molecule has 0 N–H and O–H groups in total. The Labute approximate surface area is 164 Å². The molecule has 0 fully saturated rings. The standard InChI is InChI=1S/C19H19N5OS2/c1-10-8-14(13(4)24(10)19-20-6-7-26-19)15-9-27-17(21-15)16-11(2)12(3)22-23(5)18(16)25/h6-9H,1-5H3. The molecule has 0 saturated carbocycles. The van der Waals surface area contributed by atoms with Crippen molar-refractivity contribution in [3.05, 3.63) is 56.0 Å². The number of aryl methyl sites for hydroxylation is 3. The summed E-state index contributed by atoms with van der Waals surface area (Å²) in [5.74, 6) is 0. The molecule has 0 aliphatic heterocycles. The third-order valence-corrected chi connectivity index (χ3v) is 6.38. The molecular formula is C19H19N5OS2. The van der Waals surface area contributed by atoms with Gasteiger partial charge in [-0.2, -0.15) is 5.10 Å². The number of aromatic nitrogens is 5. The number of nitrogens with zero attached hydrogens (tertiary/aromatic N) is 5. The highest BCUT2D eigenvalue weighted by molar-refractivity contribution is 7.13. The van der Waals surface area contributed by atoms with Gasteiger partial charge in [-0.1, -0.05) is 0 Å². The first-order chi connectivity index (χ1) is 12.9. The summed E-state index contributed by atoms with van der Waals surface area (Å²) in [6, 6.07) is 2.12. The number of hydrogen-bond donors (Lipinski definition) is 0. The first-order valence-electron chi connectivity index (χ1n) is 8.48. The van der Waals surface area contributed by atoms with Crippen LogP contribution in [0.25, 0.3) is 27.0 Å². The number of rotatable bonds is 3. The second kappa shape index (κ2) is 6.54. The number of hydrogen-bond acceptors (Lipinski definition) is 6. The highest BCUT2D eigenvalue weighted by atomic mass is 32.1. The lowest BCUT2D eigenvalue weighted by molar-refractivity contribution is 0.690. The van der Waals surface area contributed by atoms with Crippen molar-refractivity contribution >= 4 is 22.7 Å². The third-order valence-electron chi connectivity index (χ3n) is 4.76. The second-order valence-corrected chi connectivity index (χ2v) is 8.22. The van der Waals surface area contributed by atoms with Crippen LogP contribution >= 0.6 is 22.7 Å². The lowest BCUT2D eigenvalue weighted by atomic mass is 10.1. The van der Waals surface area contributed by atoms with Gasteiger partial charge in [-0.3, -0.25) is 9.36 Å². The summed E-state index contributed by atoms with van der Waals surface area (Å²) < 4.78 is 3.52. The van der Waals surface area contributed by atoms with Gasteiger partial charge in [0.2, 0.25) is 0 Å². The van der Waals surface area contributed by atoms with Crippen LogP contribution in [0, 0.1) is 27.7 Å². The van der Waals surface area contributed by atoms with E-state index in [0.29, 0.717) is 5.56 Å². The Kier molecular flexibility index (Phi) is 4.32. The highest BCUT2D eigenvalue weighted by Gasteiger charge is 2.19. The molecule has 4 aromatic heterocycles. The molecule has 0 atom stereocenters. The minimum Gasteiger partial charge on any atom is -0.294 e. The van der Waals surface area contributed by atoms with Crippen molar-refractivity contribution in [1.29, 1.82) is 0 Å². The van der Waals surface area contributed by atoms with Crippen LogP contribution in [0.3, 0.4) is 0 Å². The van der Waals surface area contributed by atoms with Crippen LogP contribution < -0.4 is 5.56 Å². The van der Waals surface area contributed by atoms with Gasteiger partial charge in [0, 0.05) is 41.0 Å².